The fourth-order valence-electron chi connectivity index (χ4n) is 2.10. The van der Waals surface area contributed by atoms with Gasteiger partial charge in [-0.25, -0.2) is 0 Å². The van der Waals surface area contributed by atoms with Gasteiger partial charge in [0.15, 0.2) is 0 Å². The van der Waals surface area contributed by atoms with E-state index >= 15 is 0 Å². The van der Waals surface area contributed by atoms with Crippen LogP contribution in [-0.4, -0.2) is 25.2 Å². The molecule has 0 amide bonds. The molecule has 0 bridgehead atoms. The molecule has 3 aromatic rings. The predicted octanol–water partition coefficient (Wildman–Crippen LogP) is 2.86. The summed E-state index contributed by atoms with van der Waals surface area (Å²) in [5.74, 6) is 0. The van der Waals surface area contributed by atoms with Gasteiger partial charge in [0.05, 0.1) is 18.4 Å². The van der Waals surface area contributed by atoms with Crippen LogP contribution in [0.15, 0.2) is 42.7 Å². The molecule has 0 saturated carbocycles. The molecule has 0 atom stereocenters. The normalized spacial score (nSPS) is 11.0. The van der Waals surface area contributed by atoms with Crippen molar-refractivity contribution in [2.45, 2.75) is 26.4 Å². The highest BCUT2D eigenvalue weighted by molar-refractivity contribution is 5.61. The van der Waals surface area contributed by atoms with Crippen LogP contribution < -0.4 is 5.32 Å². The highest BCUT2D eigenvalue weighted by atomic mass is 15.3. The Morgan fingerprint density at radius 3 is 2.71 bits per heavy atom. The third kappa shape index (κ3) is 2.94. The van der Waals surface area contributed by atoms with E-state index in [1.165, 1.54) is 0 Å². The Labute approximate surface area is 123 Å². The van der Waals surface area contributed by atoms with Crippen LogP contribution in [0.25, 0.3) is 11.3 Å². The zero-order valence-corrected chi connectivity index (χ0v) is 12.1. The molecule has 1 aromatic carbocycles. The lowest BCUT2D eigenvalue weighted by atomic mass is 10.1. The zero-order chi connectivity index (χ0) is 14.7. The number of rotatable bonds is 5. The third-order valence-electron chi connectivity index (χ3n) is 3.26. The average molecular weight is 282 g/mol. The molecular weight excluding hydrogens is 264 g/mol. The maximum absolute atomic E-state index is 4.31. The van der Waals surface area contributed by atoms with E-state index in [4.69, 9.17) is 0 Å². The van der Waals surface area contributed by atoms with Crippen molar-refractivity contribution in [1.29, 1.82) is 0 Å². The molecular formula is C15H18N6. The van der Waals surface area contributed by atoms with Gasteiger partial charge in [0.1, 0.15) is 11.4 Å². The lowest BCUT2D eigenvalue weighted by Crippen LogP contribution is -2.02. The van der Waals surface area contributed by atoms with E-state index in [1.54, 1.807) is 0 Å². The Kier molecular flexibility index (Phi) is 3.68. The second-order valence-corrected chi connectivity index (χ2v) is 5.14. The second-order valence-electron chi connectivity index (χ2n) is 5.14. The summed E-state index contributed by atoms with van der Waals surface area (Å²) in [4.78, 5) is 0. The van der Waals surface area contributed by atoms with Gasteiger partial charge in [-0.3, -0.25) is 4.68 Å². The van der Waals surface area contributed by atoms with Crippen molar-refractivity contribution in [3.8, 4) is 11.3 Å². The van der Waals surface area contributed by atoms with Crippen LogP contribution in [0.4, 0.5) is 5.69 Å². The molecule has 6 heteroatoms. The van der Waals surface area contributed by atoms with Crippen molar-refractivity contribution in [3.05, 3.63) is 48.4 Å². The van der Waals surface area contributed by atoms with Crippen molar-refractivity contribution in [2.24, 2.45) is 0 Å². The molecule has 108 valence electrons. The first-order valence-electron chi connectivity index (χ1n) is 6.97. The summed E-state index contributed by atoms with van der Waals surface area (Å²) in [6, 6.07) is 10.4. The Morgan fingerprint density at radius 1 is 1.19 bits per heavy atom. The summed E-state index contributed by atoms with van der Waals surface area (Å²) in [6.45, 7) is 4.80. The van der Waals surface area contributed by atoms with Crippen LogP contribution >= 0.6 is 0 Å². The molecule has 0 aliphatic carbocycles. The van der Waals surface area contributed by atoms with E-state index in [-0.39, 0.29) is 0 Å². The molecule has 0 unspecified atom stereocenters. The van der Waals surface area contributed by atoms with Crippen LogP contribution in [0.2, 0.25) is 0 Å². The molecule has 0 fully saturated rings. The first-order chi connectivity index (χ1) is 10.2. The van der Waals surface area contributed by atoms with E-state index in [9.17, 15) is 0 Å². The van der Waals surface area contributed by atoms with Gasteiger partial charge >= 0.3 is 0 Å². The minimum absolute atomic E-state index is 0.354. The number of aromatic amines is 1. The number of benzene rings is 1. The Balaban J connectivity index is 1.73. The number of hydrogen-bond donors (Lipinski definition) is 2. The van der Waals surface area contributed by atoms with Crippen LogP contribution in [0.5, 0.6) is 0 Å². The van der Waals surface area contributed by atoms with Crippen molar-refractivity contribution in [3.63, 3.8) is 0 Å². The van der Waals surface area contributed by atoms with E-state index in [0.717, 1.165) is 22.6 Å². The molecule has 6 nitrogen and oxygen atoms in total. The van der Waals surface area contributed by atoms with Crippen LogP contribution in [0.1, 0.15) is 25.6 Å². The minimum Gasteiger partial charge on any atom is -0.377 e. The van der Waals surface area contributed by atoms with Gasteiger partial charge in [0, 0.05) is 17.8 Å². The molecule has 0 aliphatic rings. The maximum atomic E-state index is 4.31. The number of H-pyrrole nitrogens is 1. The number of anilines is 1. The SMILES string of the molecule is CC(C)n1cc(NCc2n[nH]nc2-c2ccccc2)cn1. The molecule has 21 heavy (non-hydrogen) atoms. The summed E-state index contributed by atoms with van der Waals surface area (Å²) in [6.07, 6.45) is 3.81. The van der Waals surface area contributed by atoms with E-state index in [1.807, 2.05) is 47.4 Å². The third-order valence-corrected chi connectivity index (χ3v) is 3.26. The standard InChI is InChI=1S/C15H18N6/c1-11(2)21-10-13(8-17-21)16-9-14-15(19-20-18-14)12-6-4-3-5-7-12/h3-8,10-11,16H,9H2,1-2H3,(H,18,19,20). The molecule has 0 saturated heterocycles. The van der Waals surface area contributed by atoms with Crippen molar-refractivity contribution in [2.75, 3.05) is 5.32 Å². The Bertz CT molecular complexity index is 698. The lowest BCUT2D eigenvalue weighted by Gasteiger charge is -2.04. The minimum atomic E-state index is 0.354. The van der Waals surface area contributed by atoms with Gasteiger partial charge in [0.2, 0.25) is 0 Å². The van der Waals surface area contributed by atoms with Gasteiger partial charge in [-0.05, 0) is 13.8 Å². The van der Waals surface area contributed by atoms with Gasteiger partial charge in [-0.1, -0.05) is 30.3 Å². The highest BCUT2D eigenvalue weighted by Crippen LogP contribution is 2.20. The van der Waals surface area contributed by atoms with Crippen molar-refractivity contribution in [1.82, 2.24) is 25.2 Å². The molecule has 3 rings (SSSR count). The largest absolute Gasteiger partial charge is 0.377 e. The smallest absolute Gasteiger partial charge is 0.117 e. The summed E-state index contributed by atoms with van der Waals surface area (Å²) >= 11 is 0. The fraction of sp³-hybridized carbons (Fsp3) is 0.267. The summed E-state index contributed by atoms with van der Waals surface area (Å²) in [7, 11) is 0. The number of nitrogens with one attached hydrogen (secondary N) is 2. The Morgan fingerprint density at radius 2 is 2.00 bits per heavy atom. The molecule has 0 radical (unpaired) electrons. The predicted molar refractivity (Wildman–Crippen MR) is 81.8 cm³/mol. The number of nitrogens with zero attached hydrogens (tertiary/aromatic N) is 4. The summed E-state index contributed by atoms with van der Waals surface area (Å²) < 4.78 is 1.92. The number of aromatic nitrogens is 5. The van der Waals surface area contributed by atoms with Gasteiger partial charge in [-0.15, -0.1) is 0 Å². The van der Waals surface area contributed by atoms with Crippen molar-refractivity contribution < 1.29 is 0 Å². The van der Waals surface area contributed by atoms with Crippen LogP contribution in [0.3, 0.4) is 0 Å². The van der Waals surface area contributed by atoms with Gasteiger partial charge < -0.3 is 5.32 Å². The van der Waals surface area contributed by atoms with Crippen molar-refractivity contribution >= 4 is 5.69 Å². The second kappa shape index (κ2) is 5.78. The first-order valence-corrected chi connectivity index (χ1v) is 6.97. The Hall–Kier alpha value is -2.63. The summed E-state index contributed by atoms with van der Waals surface area (Å²) in [5, 5.41) is 18.8. The number of hydrogen-bond acceptors (Lipinski definition) is 4. The topological polar surface area (TPSA) is 71.4 Å². The molecule has 0 aliphatic heterocycles. The molecule has 2 N–H and O–H groups in total. The van der Waals surface area contributed by atoms with Crippen LogP contribution in [-0.2, 0) is 6.54 Å². The first kappa shape index (κ1) is 13.4. The fourth-order valence-corrected chi connectivity index (χ4v) is 2.10. The van der Waals surface area contributed by atoms with E-state index in [0.29, 0.717) is 12.6 Å². The molecule has 0 spiro atoms. The van der Waals surface area contributed by atoms with Gasteiger partial charge in [-0.2, -0.15) is 20.5 Å². The monoisotopic (exact) mass is 282 g/mol. The van der Waals surface area contributed by atoms with E-state index < -0.39 is 0 Å². The quantitative estimate of drug-likeness (QED) is 0.755. The summed E-state index contributed by atoms with van der Waals surface area (Å²) in [5.41, 5.74) is 3.80. The van der Waals surface area contributed by atoms with Crippen LogP contribution in [0, 0.1) is 0 Å². The molecule has 2 heterocycles. The lowest BCUT2D eigenvalue weighted by molar-refractivity contribution is 0.532. The maximum Gasteiger partial charge on any atom is 0.117 e. The highest BCUT2D eigenvalue weighted by Gasteiger charge is 2.10. The van der Waals surface area contributed by atoms with E-state index in [2.05, 4.69) is 39.7 Å². The van der Waals surface area contributed by atoms with Gasteiger partial charge in [0.25, 0.3) is 0 Å². The zero-order valence-electron chi connectivity index (χ0n) is 12.1. The molecule has 2 aromatic heterocycles. The average Bonchev–Trinajstić information content (AvgIpc) is 3.15.